The Hall–Kier alpha value is -1.81. The van der Waals surface area contributed by atoms with Crippen LogP contribution in [0.15, 0.2) is 42.5 Å². The molecular formula is C22H33NO3. The number of hydrogen-bond donors (Lipinski definition) is 0. The van der Waals surface area contributed by atoms with Gasteiger partial charge in [0.25, 0.3) is 0 Å². The third kappa shape index (κ3) is 7.20. The number of allylic oxidation sites excluding steroid dienone is 1. The van der Waals surface area contributed by atoms with Gasteiger partial charge in [-0.3, -0.25) is 0 Å². The summed E-state index contributed by atoms with van der Waals surface area (Å²) in [5.41, 5.74) is 2.06. The van der Waals surface area contributed by atoms with Crippen molar-refractivity contribution in [2.75, 3.05) is 19.7 Å². The number of carbonyl (C=O) groups is 1. The second kappa shape index (κ2) is 9.77. The summed E-state index contributed by atoms with van der Waals surface area (Å²) in [4.78, 5) is 13.9. The SMILES string of the molecule is C=C(CCCOCc1ccccc1)C1CCN(C(=O)OC(C)(C)C)CC1. The third-order valence-electron chi connectivity index (χ3n) is 4.62. The van der Waals surface area contributed by atoms with Crippen molar-refractivity contribution < 1.29 is 14.3 Å². The number of benzene rings is 1. The predicted octanol–water partition coefficient (Wildman–Crippen LogP) is 5.19. The molecule has 1 aliphatic heterocycles. The maximum absolute atomic E-state index is 12.1. The van der Waals surface area contributed by atoms with E-state index in [-0.39, 0.29) is 6.09 Å². The maximum atomic E-state index is 12.1. The zero-order valence-electron chi connectivity index (χ0n) is 16.5. The summed E-state index contributed by atoms with van der Waals surface area (Å²) < 4.78 is 11.2. The normalized spacial score (nSPS) is 15.7. The number of amides is 1. The maximum Gasteiger partial charge on any atom is 0.410 e. The average molecular weight is 360 g/mol. The van der Waals surface area contributed by atoms with Crippen LogP contribution in [0.4, 0.5) is 4.79 Å². The second-order valence-electron chi connectivity index (χ2n) is 8.04. The van der Waals surface area contributed by atoms with Crippen molar-refractivity contribution in [2.45, 2.75) is 58.7 Å². The predicted molar refractivity (Wildman–Crippen MR) is 105 cm³/mol. The number of rotatable bonds is 7. The van der Waals surface area contributed by atoms with Gasteiger partial charge in [-0.25, -0.2) is 4.79 Å². The molecule has 1 aliphatic rings. The summed E-state index contributed by atoms with van der Waals surface area (Å²) in [7, 11) is 0. The van der Waals surface area contributed by atoms with Gasteiger partial charge in [-0.2, -0.15) is 0 Å². The average Bonchev–Trinajstić information content (AvgIpc) is 2.61. The quantitative estimate of drug-likeness (QED) is 0.497. The van der Waals surface area contributed by atoms with Gasteiger partial charge < -0.3 is 14.4 Å². The molecule has 1 fully saturated rings. The molecule has 0 radical (unpaired) electrons. The van der Waals surface area contributed by atoms with E-state index in [4.69, 9.17) is 9.47 Å². The molecule has 4 nitrogen and oxygen atoms in total. The fourth-order valence-corrected chi connectivity index (χ4v) is 3.17. The summed E-state index contributed by atoms with van der Waals surface area (Å²) in [5.74, 6) is 0.503. The Kier molecular flexibility index (Phi) is 7.70. The van der Waals surface area contributed by atoms with E-state index in [1.165, 1.54) is 11.1 Å². The van der Waals surface area contributed by atoms with Crippen molar-refractivity contribution in [3.63, 3.8) is 0 Å². The van der Waals surface area contributed by atoms with E-state index in [9.17, 15) is 4.79 Å². The van der Waals surface area contributed by atoms with Crippen molar-refractivity contribution in [1.29, 1.82) is 0 Å². The molecule has 0 aromatic heterocycles. The number of ether oxygens (including phenoxy) is 2. The minimum Gasteiger partial charge on any atom is -0.444 e. The molecule has 144 valence electrons. The molecule has 0 spiro atoms. The van der Waals surface area contributed by atoms with E-state index >= 15 is 0 Å². The standard InChI is InChI=1S/C22H33NO3/c1-18(9-8-16-25-17-19-10-6-5-7-11-19)20-12-14-23(15-13-20)21(24)26-22(2,3)4/h5-7,10-11,20H,1,8-9,12-17H2,2-4H3. The molecule has 26 heavy (non-hydrogen) atoms. The van der Waals surface area contributed by atoms with E-state index in [2.05, 4.69) is 18.7 Å². The largest absolute Gasteiger partial charge is 0.444 e. The number of piperidine rings is 1. The Balaban J connectivity index is 1.60. The minimum atomic E-state index is -0.433. The molecule has 0 aliphatic carbocycles. The van der Waals surface area contributed by atoms with Crippen LogP contribution in [0.1, 0.15) is 52.0 Å². The Labute approximate surface area is 158 Å². The Morgan fingerprint density at radius 3 is 2.46 bits per heavy atom. The summed E-state index contributed by atoms with van der Waals surface area (Å²) in [6, 6.07) is 10.2. The second-order valence-corrected chi connectivity index (χ2v) is 8.04. The number of likely N-dealkylation sites (tertiary alicyclic amines) is 1. The molecule has 1 aromatic carbocycles. The molecular weight excluding hydrogens is 326 g/mol. The lowest BCUT2D eigenvalue weighted by atomic mass is 9.88. The van der Waals surface area contributed by atoms with Crippen LogP contribution in [0.3, 0.4) is 0 Å². The topological polar surface area (TPSA) is 38.8 Å². The van der Waals surface area contributed by atoms with Crippen molar-refractivity contribution in [3.8, 4) is 0 Å². The highest BCUT2D eigenvalue weighted by Crippen LogP contribution is 2.27. The minimum absolute atomic E-state index is 0.198. The first-order valence-corrected chi connectivity index (χ1v) is 9.62. The van der Waals surface area contributed by atoms with Gasteiger partial charge in [0, 0.05) is 19.7 Å². The summed E-state index contributed by atoms with van der Waals surface area (Å²) in [6.07, 6.45) is 3.74. The highest BCUT2D eigenvalue weighted by molar-refractivity contribution is 5.68. The lowest BCUT2D eigenvalue weighted by molar-refractivity contribution is 0.0193. The molecule has 1 saturated heterocycles. The fourth-order valence-electron chi connectivity index (χ4n) is 3.17. The van der Waals surface area contributed by atoms with Crippen LogP contribution >= 0.6 is 0 Å². The highest BCUT2D eigenvalue weighted by Gasteiger charge is 2.27. The molecule has 4 heteroatoms. The van der Waals surface area contributed by atoms with Crippen molar-refractivity contribution in [2.24, 2.45) is 5.92 Å². The zero-order valence-corrected chi connectivity index (χ0v) is 16.5. The first-order valence-electron chi connectivity index (χ1n) is 9.62. The third-order valence-corrected chi connectivity index (χ3v) is 4.62. The molecule has 0 bridgehead atoms. The lowest BCUT2D eigenvalue weighted by Crippen LogP contribution is -2.41. The molecule has 1 amide bonds. The molecule has 0 saturated carbocycles. The summed E-state index contributed by atoms with van der Waals surface area (Å²) >= 11 is 0. The van der Waals surface area contributed by atoms with Gasteiger partial charge in [0.15, 0.2) is 0 Å². The fraction of sp³-hybridized carbons (Fsp3) is 0.591. The van der Waals surface area contributed by atoms with Crippen LogP contribution in [0.5, 0.6) is 0 Å². The summed E-state index contributed by atoms with van der Waals surface area (Å²) in [6.45, 7) is 12.9. The zero-order chi connectivity index (χ0) is 19.0. The van der Waals surface area contributed by atoms with Gasteiger partial charge in [0.05, 0.1) is 6.61 Å². The Morgan fingerprint density at radius 2 is 1.85 bits per heavy atom. The monoisotopic (exact) mass is 359 g/mol. The molecule has 0 unspecified atom stereocenters. The molecule has 1 aromatic rings. The van der Waals surface area contributed by atoms with E-state index in [0.717, 1.165) is 45.4 Å². The lowest BCUT2D eigenvalue weighted by Gasteiger charge is -2.34. The number of hydrogen-bond acceptors (Lipinski definition) is 3. The van der Waals surface area contributed by atoms with E-state index in [1.54, 1.807) is 0 Å². The van der Waals surface area contributed by atoms with E-state index in [1.807, 2.05) is 43.9 Å². The van der Waals surface area contributed by atoms with E-state index < -0.39 is 5.60 Å². The van der Waals surface area contributed by atoms with Crippen molar-refractivity contribution >= 4 is 6.09 Å². The van der Waals surface area contributed by atoms with Crippen LogP contribution in [0.2, 0.25) is 0 Å². The smallest absolute Gasteiger partial charge is 0.410 e. The first kappa shape index (κ1) is 20.5. The van der Waals surface area contributed by atoms with Gasteiger partial charge >= 0.3 is 6.09 Å². The van der Waals surface area contributed by atoms with Gasteiger partial charge in [-0.1, -0.05) is 42.5 Å². The van der Waals surface area contributed by atoms with Crippen LogP contribution in [-0.2, 0) is 16.1 Å². The Morgan fingerprint density at radius 1 is 1.19 bits per heavy atom. The van der Waals surface area contributed by atoms with Crippen LogP contribution < -0.4 is 0 Å². The van der Waals surface area contributed by atoms with E-state index in [0.29, 0.717) is 12.5 Å². The molecule has 0 atom stereocenters. The highest BCUT2D eigenvalue weighted by atomic mass is 16.6. The van der Waals surface area contributed by atoms with Gasteiger partial charge in [-0.05, 0) is 57.9 Å². The van der Waals surface area contributed by atoms with Gasteiger partial charge in [0.2, 0.25) is 0 Å². The van der Waals surface area contributed by atoms with Gasteiger partial charge in [0.1, 0.15) is 5.60 Å². The number of carbonyl (C=O) groups excluding carboxylic acids is 1. The van der Waals surface area contributed by atoms with Crippen LogP contribution in [-0.4, -0.2) is 36.3 Å². The summed E-state index contributed by atoms with van der Waals surface area (Å²) in [5, 5.41) is 0. The first-order chi connectivity index (χ1) is 12.3. The molecule has 0 N–H and O–H groups in total. The molecule has 1 heterocycles. The Bertz CT molecular complexity index is 569. The molecule has 2 rings (SSSR count). The van der Waals surface area contributed by atoms with Gasteiger partial charge in [-0.15, -0.1) is 0 Å². The van der Waals surface area contributed by atoms with Crippen molar-refractivity contribution in [3.05, 3.63) is 48.0 Å². The van der Waals surface area contributed by atoms with Crippen LogP contribution in [0.25, 0.3) is 0 Å². The van der Waals surface area contributed by atoms with Crippen molar-refractivity contribution in [1.82, 2.24) is 4.90 Å². The number of nitrogens with zero attached hydrogens (tertiary/aromatic N) is 1. The van der Waals surface area contributed by atoms with Crippen LogP contribution in [0, 0.1) is 5.92 Å².